The Morgan fingerprint density at radius 2 is 1.90 bits per heavy atom. The lowest BCUT2D eigenvalue weighted by Gasteiger charge is -2.05. The molecule has 0 saturated heterocycles. The third kappa shape index (κ3) is 2.73. The first-order valence-corrected chi connectivity index (χ1v) is 6.79. The summed E-state index contributed by atoms with van der Waals surface area (Å²) in [6.45, 7) is 0. The fourth-order valence-corrected chi connectivity index (χ4v) is 2.45. The summed E-state index contributed by atoms with van der Waals surface area (Å²) in [7, 11) is 0. The third-order valence-electron chi connectivity index (χ3n) is 2.74. The van der Waals surface area contributed by atoms with E-state index in [1.54, 1.807) is 23.8 Å². The first-order valence-electron chi connectivity index (χ1n) is 5.91. The number of hydrogen-bond acceptors (Lipinski definition) is 4. The standard InChI is InChI=1S/C14H8F3N3S/c15-9-3-4-10(13(17)12(9)16)19-14-20-11(7-21-14)8-2-1-5-18-6-8/h1-7H,(H,19,20). The topological polar surface area (TPSA) is 37.8 Å². The zero-order valence-corrected chi connectivity index (χ0v) is 11.3. The Morgan fingerprint density at radius 3 is 2.67 bits per heavy atom. The lowest BCUT2D eigenvalue weighted by Crippen LogP contribution is -1.98. The van der Waals surface area contributed by atoms with E-state index in [9.17, 15) is 13.2 Å². The van der Waals surface area contributed by atoms with Gasteiger partial charge in [0.1, 0.15) is 0 Å². The van der Waals surface area contributed by atoms with Crippen LogP contribution in [0.3, 0.4) is 0 Å². The van der Waals surface area contributed by atoms with Crippen LogP contribution in [0, 0.1) is 17.5 Å². The second-order valence-electron chi connectivity index (χ2n) is 4.13. The molecule has 1 N–H and O–H groups in total. The molecule has 0 aliphatic carbocycles. The SMILES string of the molecule is Fc1ccc(Nc2nc(-c3cccnc3)cs2)c(F)c1F. The molecule has 2 heterocycles. The number of pyridine rings is 1. The van der Waals surface area contributed by atoms with Crippen molar-refractivity contribution in [3.05, 3.63) is 59.5 Å². The Balaban J connectivity index is 1.87. The highest BCUT2D eigenvalue weighted by Crippen LogP contribution is 2.28. The van der Waals surface area contributed by atoms with Crippen molar-refractivity contribution in [3.8, 4) is 11.3 Å². The summed E-state index contributed by atoms with van der Waals surface area (Å²) in [5.41, 5.74) is 1.31. The summed E-state index contributed by atoms with van der Waals surface area (Å²) in [6, 6.07) is 5.59. The average Bonchev–Trinajstić information content (AvgIpc) is 2.97. The third-order valence-corrected chi connectivity index (χ3v) is 3.50. The molecule has 21 heavy (non-hydrogen) atoms. The molecule has 0 saturated carbocycles. The van der Waals surface area contributed by atoms with Crippen LogP contribution in [0.5, 0.6) is 0 Å². The molecule has 0 fully saturated rings. The van der Waals surface area contributed by atoms with Crippen molar-refractivity contribution in [2.24, 2.45) is 0 Å². The van der Waals surface area contributed by atoms with Crippen molar-refractivity contribution < 1.29 is 13.2 Å². The van der Waals surface area contributed by atoms with Crippen molar-refractivity contribution in [2.45, 2.75) is 0 Å². The van der Waals surface area contributed by atoms with Gasteiger partial charge in [-0.3, -0.25) is 4.98 Å². The monoisotopic (exact) mass is 307 g/mol. The van der Waals surface area contributed by atoms with Crippen molar-refractivity contribution in [3.63, 3.8) is 0 Å². The van der Waals surface area contributed by atoms with Gasteiger partial charge in [0.05, 0.1) is 11.4 Å². The second kappa shape index (κ2) is 5.53. The van der Waals surface area contributed by atoms with Gasteiger partial charge in [0.15, 0.2) is 22.6 Å². The molecule has 3 rings (SSSR count). The molecule has 2 aromatic heterocycles. The number of anilines is 2. The molecule has 3 nitrogen and oxygen atoms in total. The summed E-state index contributed by atoms with van der Waals surface area (Å²) < 4.78 is 39.6. The molecule has 0 spiro atoms. The van der Waals surface area contributed by atoms with Crippen LogP contribution in [0.15, 0.2) is 42.0 Å². The van der Waals surface area contributed by atoms with Gasteiger partial charge in [-0.25, -0.2) is 18.2 Å². The van der Waals surface area contributed by atoms with Gasteiger partial charge in [0, 0.05) is 23.3 Å². The van der Waals surface area contributed by atoms with Gasteiger partial charge in [-0.15, -0.1) is 11.3 Å². The fourth-order valence-electron chi connectivity index (χ4n) is 1.72. The number of nitrogens with one attached hydrogen (secondary N) is 1. The minimum atomic E-state index is -1.51. The van der Waals surface area contributed by atoms with Crippen LogP contribution < -0.4 is 5.32 Å². The van der Waals surface area contributed by atoms with Gasteiger partial charge in [-0.2, -0.15) is 0 Å². The van der Waals surface area contributed by atoms with E-state index in [2.05, 4.69) is 15.3 Å². The van der Waals surface area contributed by atoms with Crippen LogP contribution in [0.25, 0.3) is 11.3 Å². The van der Waals surface area contributed by atoms with Crippen LogP contribution >= 0.6 is 11.3 Å². The van der Waals surface area contributed by atoms with Crippen LogP contribution in [0.4, 0.5) is 24.0 Å². The smallest absolute Gasteiger partial charge is 0.196 e. The van der Waals surface area contributed by atoms with Crippen molar-refractivity contribution >= 4 is 22.2 Å². The number of benzene rings is 1. The lowest BCUT2D eigenvalue weighted by molar-refractivity contribution is 0.449. The maximum absolute atomic E-state index is 13.6. The Labute approximate surface area is 122 Å². The fraction of sp³-hybridized carbons (Fsp3) is 0. The number of nitrogens with zero attached hydrogens (tertiary/aromatic N) is 2. The van der Waals surface area contributed by atoms with Crippen molar-refractivity contribution in [1.29, 1.82) is 0 Å². The largest absolute Gasteiger partial charge is 0.329 e. The van der Waals surface area contributed by atoms with Gasteiger partial charge in [0.25, 0.3) is 0 Å². The van der Waals surface area contributed by atoms with Crippen LogP contribution in [-0.2, 0) is 0 Å². The molecular formula is C14H8F3N3S. The molecule has 0 unspecified atom stereocenters. The van der Waals surface area contributed by atoms with Gasteiger partial charge >= 0.3 is 0 Å². The second-order valence-corrected chi connectivity index (χ2v) is 4.99. The Kier molecular flexibility index (Phi) is 3.57. The summed E-state index contributed by atoms with van der Waals surface area (Å²) in [5, 5.41) is 4.77. The maximum Gasteiger partial charge on any atom is 0.196 e. The predicted molar refractivity (Wildman–Crippen MR) is 74.9 cm³/mol. The zero-order chi connectivity index (χ0) is 14.8. The molecule has 0 amide bonds. The molecule has 0 bridgehead atoms. The molecule has 0 aliphatic heterocycles. The predicted octanol–water partition coefficient (Wildman–Crippen LogP) is 4.37. The zero-order valence-electron chi connectivity index (χ0n) is 10.5. The highest BCUT2D eigenvalue weighted by molar-refractivity contribution is 7.14. The van der Waals surface area contributed by atoms with E-state index in [0.717, 1.165) is 17.7 Å². The van der Waals surface area contributed by atoms with Gasteiger partial charge in [0.2, 0.25) is 0 Å². The van der Waals surface area contributed by atoms with E-state index in [1.165, 1.54) is 11.3 Å². The molecule has 1 aromatic carbocycles. The van der Waals surface area contributed by atoms with Gasteiger partial charge in [-0.1, -0.05) is 0 Å². The van der Waals surface area contributed by atoms with Crippen molar-refractivity contribution in [1.82, 2.24) is 9.97 Å². The van der Waals surface area contributed by atoms with Crippen LogP contribution in [-0.4, -0.2) is 9.97 Å². The normalized spacial score (nSPS) is 10.6. The highest BCUT2D eigenvalue weighted by atomic mass is 32.1. The van der Waals surface area contributed by atoms with Gasteiger partial charge < -0.3 is 5.32 Å². The van der Waals surface area contributed by atoms with Crippen molar-refractivity contribution in [2.75, 3.05) is 5.32 Å². The van der Waals surface area contributed by atoms with E-state index in [4.69, 9.17) is 0 Å². The Hall–Kier alpha value is -2.41. The summed E-state index contributed by atoms with van der Waals surface area (Å²) in [6.07, 6.45) is 3.29. The lowest BCUT2D eigenvalue weighted by atomic mass is 10.2. The van der Waals surface area contributed by atoms with E-state index in [1.807, 2.05) is 6.07 Å². The highest BCUT2D eigenvalue weighted by Gasteiger charge is 2.14. The minimum Gasteiger partial charge on any atom is -0.329 e. The van der Waals surface area contributed by atoms with E-state index < -0.39 is 17.5 Å². The number of aromatic nitrogens is 2. The Morgan fingerprint density at radius 1 is 1.05 bits per heavy atom. The summed E-state index contributed by atoms with van der Waals surface area (Å²) in [5.74, 6) is -4.01. The summed E-state index contributed by atoms with van der Waals surface area (Å²) in [4.78, 5) is 8.24. The minimum absolute atomic E-state index is 0.166. The molecule has 0 atom stereocenters. The van der Waals surface area contributed by atoms with E-state index in [-0.39, 0.29) is 5.69 Å². The molecular weight excluding hydrogens is 299 g/mol. The number of hydrogen-bond donors (Lipinski definition) is 1. The number of halogens is 3. The van der Waals surface area contributed by atoms with E-state index in [0.29, 0.717) is 10.8 Å². The molecule has 106 valence electrons. The van der Waals surface area contributed by atoms with E-state index >= 15 is 0 Å². The molecule has 0 aliphatic rings. The number of rotatable bonds is 3. The molecule has 7 heteroatoms. The van der Waals surface area contributed by atoms with Crippen LogP contribution in [0.2, 0.25) is 0 Å². The number of thiazole rings is 1. The first kappa shape index (κ1) is 13.6. The summed E-state index contributed by atoms with van der Waals surface area (Å²) >= 11 is 1.23. The first-order chi connectivity index (χ1) is 10.1. The average molecular weight is 307 g/mol. The maximum atomic E-state index is 13.6. The molecule has 3 aromatic rings. The quantitative estimate of drug-likeness (QED) is 0.730. The Bertz CT molecular complexity index is 774. The van der Waals surface area contributed by atoms with Crippen LogP contribution in [0.1, 0.15) is 0 Å². The van der Waals surface area contributed by atoms with Gasteiger partial charge in [-0.05, 0) is 24.3 Å². The molecule has 0 radical (unpaired) electrons.